The molecule has 15 nitrogen and oxygen atoms in total. The Kier molecular flexibility index (Phi) is 11.6. The maximum absolute atomic E-state index is 14.4. The zero-order chi connectivity index (χ0) is 38.6. The van der Waals surface area contributed by atoms with Gasteiger partial charge in [-0.25, -0.2) is 0 Å². The van der Waals surface area contributed by atoms with E-state index in [0.717, 1.165) is 11.1 Å². The Morgan fingerprint density at radius 2 is 1.26 bits per heavy atom. The van der Waals surface area contributed by atoms with E-state index in [2.05, 4.69) is 33.2 Å². The van der Waals surface area contributed by atoms with E-state index in [0.29, 0.717) is 71.4 Å². The quantitative estimate of drug-likeness (QED) is 0.154. The second-order valence-corrected chi connectivity index (χ2v) is 16.9. The van der Waals surface area contributed by atoms with Crippen LogP contribution in [0.1, 0.15) is 46.4 Å². The average Bonchev–Trinajstić information content (AvgIpc) is 3.67. The van der Waals surface area contributed by atoms with Crippen molar-refractivity contribution in [3.05, 3.63) is 59.7 Å². The highest BCUT2D eigenvalue weighted by molar-refractivity contribution is 7.63. The van der Waals surface area contributed by atoms with Crippen molar-refractivity contribution in [1.82, 2.24) is 15.1 Å². The van der Waals surface area contributed by atoms with Crippen molar-refractivity contribution in [2.24, 2.45) is 9.98 Å². The molecule has 2 fully saturated rings. The van der Waals surface area contributed by atoms with Gasteiger partial charge in [-0.3, -0.25) is 29.2 Å². The molecule has 0 unspecified atom stereocenters. The molecule has 0 aromatic heterocycles. The number of hydrogen-bond donors (Lipinski definition) is 1. The van der Waals surface area contributed by atoms with Crippen LogP contribution in [0.5, 0.6) is 23.0 Å². The maximum atomic E-state index is 14.4. The summed E-state index contributed by atoms with van der Waals surface area (Å²) in [6.07, 6.45) is 4.41. The van der Waals surface area contributed by atoms with Crippen LogP contribution >= 0.6 is 7.14 Å². The van der Waals surface area contributed by atoms with Crippen LogP contribution in [0.15, 0.2) is 58.6 Å². The summed E-state index contributed by atoms with van der Waals surface area (Å²) >= 11 is 0. The molecule has 6 rings (SSSR count). The van der Waals surface area contributed by atoms with Gasteiger partial charge in [0.25, 0.3) is 11.8 Å². The Balaban J connectivity index is 1.16. The molecule has 4 aliphatic rings. The number of aliphatic imine (C=N–C) groups is 2. The van der Waals surface area contributed by atoms with Crippen LogP contribution in [0.4, 0.5) is 11.4 Å². The van der Waals surface area contributed by atoms with Gasteiger partial charge < -0.3 is 43.4 Å². The smallest absolute Gasteiger partial charge is 0.306 e. The maximum Gasteiger partial charge on any atom is 0.306 e. The molecule has 0 radical (unpaired) electrons. The van der Waals surface area contributed by atoms with Gasteiger partial charge in [-0.1, -0.05) is 24.3 Å². The van der Waals surface area contributed by atoms with Crippen LogP contribution in [-0.2, 0) is 18.9 Å². The molecular weight excluding hydrogens is 717 g/mol. The topological polar surface area (TPSA) is 175 Å². The first-order chi connectivity index (χ1) is 25.9. The first-order valence-corrected chi connectivity index (χ1v) is 19.8. The van der Waals surface area contributed by atoms with Crippen LogP contribution in [0, 0.1) is 0 Å². The minimum absolute atomic E-state index is 0.0280. The first-order valence-electron chi connectivity index (χ1n) is 17.6. The van der Waals surface area contributed by atoms with Crippen molar-refractivity contribution < 1.29 is 47.4 Å². The van der Waals surface area contributed by atoms with Crippen LogP contribution < -0.4 is 24.3 Å². The SMILES string of the molecule is C=C1C[C@H]2C=Nc3cc(OCCP(=O)(CCOc4cc5c(cc4OC)C(=O)N4CC(=C)C[C@H]4C=N5)CNC(=O)CCC(=O)OC)c(OC)cc3C(=O)N2C1. The summed E-state index contributed by atoms with van der Waals surface area (Å²) in [5, 5.41) is 2.69. The van der Waals surface area contributed by atoms with Crippen molar-refractivity contribution in [2.45, 2.75) is 37.8 Å². The van der Waals surface area contributed by atoms with E-state index in [4.69, 9.17) is 18.9 Å². The molecule has 2 saturated heterocycles. The number of benzene rings is 2. The fraction of sp³-hybridized carbons (Fsp3) is 0.421. The largest absolute Gasteiger partial charge is 0.493 e. The summed E-state index contributed by atoms with van der Waals surface area (Å²) < 4.78 is 42.4. The lowest BCUT2D eigenvalue weighted by Gasteiger charge is -2.22. The number of ether oxygens (including phenoxy) is 5. The third-order valence-electron chi connectivity index (χ3n) is 9.76. The summed E-state index contributed by atoms with van der Waals surface area (Å²) in [6, 6.07) is 6.08. The van der Waals surface area contributed by atoms with Crippen molar-refractivity contribution >= 4 is 54.6 Å². The molecule has 16 heteroatoms. The van der Waals surface area contributed by atoms with E-state index in [1.165, 1.54) is 21.3 Å². The number of carbonyl (C=O) groups is 4. The molecule has 2 atom stereocenters. The normalized spacial score (nSPS) is 18.6. The molecule has 0 spiro atoms. The Morgan fingerprint density at radius 3 is 1.70 bits per heavy atom. The lowest BCUT2D eigenvalue weighted by atomic mass is 10.1. The van der Waals surface area contributed by atoms with Gasteiger partial charge in [0.15, 0.2) is 23.0 Å². The van der Waals surface area contributed by atoms with Crippen molar-refractivity contribution in [3.8, 4) is 23.0 Å². The second-order valence-electron chi connectivity index (χ2n) is 13.5. The second kappa shape index (κ2) is 16.3. The van der Waals surface area contributed by atoms with Gasteiger partial charge >= 0.3 is 5.97 Å². The highest BCUT2D eigenvalue weighted by Crippen LogP contribution is 2.46. The molecular formula is C38H44N5O10P. The number of amides is 3. The van der Waals surface area contributed by atoms with E-state index >= 15 is 0 Å². The lowest BCUT2D eigenvalue weighted by molar-refractivity contribution is -0.142. The molecule has 4 heterocycles. The fourth-order valence-corrected chi connectivity index (χ4v) is 8.61. The van der Waals surface area contributed by atoms with Gasteiger partial charge in [-0.15, -0.1) is 0 Å². The molecule has 1 N–H and O–H groups in total. The van der Waals surface area contributed by atoms with E-state index < -0.39 is 19.0 Å². The zero-order valence-electron chi connectivity index (χ0n) is 30.6. The highest BCUT2D eigenvalue weighted by Gasteiger charge is 2.36. The van der Waals surface area contributed by atoms with Crippen molar-refractivity contribution in [1.29, 1.82) is 0 Å². The number of rotatable bonds is 15. The van der Waals surface area contributed by atoms with Gasteiger partial charge in [0.1, 0.15) is 7.14 Å². The molecule has 54 heavy (non-hydrogen) atoms. The van der Waals surface area contributed by atoms with Crippen LogP contribution in [0.3, 0.4) is 0 Å². The van der Waals surface area contributed by atoms with Crippen LogP contribution in [0.2, 0.25) is 0 Å². The van der Waals surface area contributed by atoms with Gasteiger partial charge in [0, 0.05) is 56.4 Å². The van der Waals surface area contributed by atoms with E-state index in [9.17, 15) is 23.7 Å². The van der Waals surface area contributed by atoms with Gasteiger partial charge in [-0.05, 0) is 25.0 Å². The predicted octanol–water partition coefficient (Wildman–Crippen LogP) is 4.52. The molecule has 0 aliphatic carbocycles. The fourth-order valence-electron chi connectivity index (χ4n) is 6.76. The summed E-state index contributed by atoms with van der Waals surface area (Å²) in [5.41, 5.74) is 3.52. The summed E-state index contributed by atoms with van der Waals surface area (Å²) in [4.78, 5) is 63.5. The van der Waals surface area contributed by atoms with Crippen molar-refractivity contribution in [2.75, 3.05) is 66.2 Å². The van der Waals surface area contributed by atoms with Gasteiger partial charge in [0.05, 0.1) is 81.8 Å². The Hall–Kier alpha value is -5.43. The minimum atomic E-state index is -3.24. The standard InChI is InChI=1S/C38H44N5O10P/c1-23-12-25-18-39-29-16-33(31(49-3)14-27(29)37(46)42(25)20-23)52-8-10-54(48,22-41-35(44)6-7-36(45)51-5)11-9-53-34-17-30-28(15-32(34)50-4)38(47)43-21-24(2)13-26(43)19-40-30/h14-19,25-26H,1-2,6-13,20-22H2,3-5H3,(H,41,44)/t25-,26-/m0/s1. The summed E-state index contributed by atoms with van der Waals surface area (Å²) in [7, 11) is 0.919. The van der Waals surface area contributed by atoms with Gasteiger partial charge in [-0.2, -0.15) is 0 Å². The molecule has 0 saturated carbocycles. The number of methoxy groups -OCH3 is 3. The van der Waals surface area contributed by atoms with Crippen LogP contribution in [0.25, 0.3) is 0 Å². The van der Waals surface area contributed by atoms with E-state index in [1.54, 1.807) is 46.5 Å². The number of esters is 1. The molecule has 3 amide bonds. The Labute approximate surface area is 313 Å². The number of fused-ring (bicyclic) bond motifs is 4. The van der Waals surface area contributed by atoms with Crippen molar-refractivity contribution in [3.63, 3.8) is 0 Å². The van der Waals surface area contributed by atoms with E-state index in [-0.39, 0.29) is 68.6 Å². The third kappa shape index (κ3) is 8.36. The summed E-state index contributed by atoms with van der Waals surface area (Å²) in [6.45, 7) is 8.89. The molecule has 4 aliphatic heterocycles. The molecule has 0 bridgehead atoms. The third-order valence-corrected chi connectivity index (χ3v) is 12.5. The number of nitrogens with one attached hydrogen (secondary N) is 1. The summed E-state index contributed by atoms with van der Waals surface area (Å²) in [5.74, 6) is -0.109. The monoisotopic (exact) mass is 761 g/mol. The zero-order valence-corrected chi connectivity index (χ0v) is 31.5. The predicted molar refractivity (Wildman–Crippen MR) is 202 cm³/mol. The van der Waals surface area contributed by atoms with E-state index in [1.807, 2.05) is 0 Å². The van der Waals surface area contributed by atoms with Crippen LogP contribution in [-0.4, -0.2) is 124 Å². The molecule has 286 valence electrons. The highest BCUT2D eigenvalue weighted by atomic mass is 31.2. The Morgan fingerprint density at radius 1 is 0.778 bits per heavy atom. The number of carbonyl (C=O) groups excluding carboxylic acids is 4. The molecule has 2 aromatic carbocycles. The minimum Gasteiger partial charge on any atom is -0.493 e. The number of hydrogen-bond acceptors (Lipinski definition) is 12. The molecule has 2 aromatic rings. The Bertz CT molecular complexity index is 1870. The lowest BCUT2D eigenvalue weighted by Crippen LogP contribution is -2.35. The van der Waals surface area contributed by atoms with Gasteiger partial charge in [0.2, 0.25) is 5.91 Å². The average molecular weight is 762 g/mol. The number of nitrogens with zero attached hydrogens (tertiary/aromatic N) is 4. The first kappa shape index (κ1) is 38.3.